The fraction of sp³-hybridized carbons (Fsp3) is 0.333. The number of hydrogen-bond acceptors (Lipinski definition) is 0. The van der Waals surface area contributed by atoms with E-state index in [9.17, 15) is 0 Å². The van der Waals surface area contributed by atoms with Gasteiger partial charge in [0.2, 0.25) is 0 Å². The van der Waals surface area contributed by atoms with E-state index in [2.05, 4.69) is 24.0 Å². The second-order valence-corrected chi connectivity index (χ2v) is 21.2. The fourth-order valence-electron chi connectivity index (χ4n) is 3.15. The number of halogens is 3. The number of hydrogen-bond donors (Lipinski definition) is 0. The van der Waals surface area contributed by atoms with Gasteiger partial charge in [0, 0.05) is 0 Å². The van der Waals surface area contributed by atoms with Crippen molar-refractivity contribution >= 4 is 40.5 Å². The van der Waals surface area contributed by atoms with Gasteiger partial charge >= 0.3 is 129 Å². The number of fused-ring (bicyclic) bond motifs is 2. The zero-order chi connectivity index (χ0) is 13.5. The van der Waals surface area contributed by atoms with Gasteiger partial charge in [0.05, 0.1) is 0 Å². The van der Waals surface area contributed by atoms with Crippen molar-refractivity contribution in [3.8, 4) is 11.8 Å². The molecule has 2 aliphatic rings. The molecule has 0 radical (unpaired) electrons. The van der Waals surface area contributed by atoms with Gasteiger partial charge in [-0.1, -0.05) is 0 Å². The van der Waals surface area contributed by atoms with Crippen LogP contribution >= 0.6 is 30.0 Å². The molecule has 0 saturated heterocycles. The summed E-state index contributed by atoms with van der Waals surface area (Å²) in [7, 11) is 15.7. The van der Waals surface area contributed by atoms with E-state index in [1.807, 2.05) is 30.3 Å². The Morgan fingerprint density at radius 1 is 1.00 bits per heavy atom. The molecule has 0 aromatic heterocycles. The average Bonchev–Trinajstić information content (AvgIpc) is 2.96. The monoisotopic (exact) mass is 372 g/mol. The van der Waals surface area contributed by atoms with Crippen LogP contribution in [0.2, 0.25) is 4.75 Å². The van der Waals surface area contributed by atoms with Crippen molar-refractivity contribution in [3.63, 3.8) is 0 Å². The normalized spacial score (nSPS) is 32.2. The molecule has 1 aromatic rings. The van der Waals surface area contributed by atoms with Crippen molar-refractivity contribution in [2.45, 2.75) is 11.2 Å². The quantitative estimate of drug-likeness (QED) is 0.374. The SMILES string of the molecule is [Cl][Ge]([Cl])([Cl])[CH]1C2C=CC(C2)C1C#Cc1ccccc1. The Labute approximate surface area is 129 Å². The van der Waals surface area contributed by atoms with E-state index in [0.717, 1.165) is 12.0 Å². The summed E-state index contributed by atoms with van der Waals surface area (Å²) in [6.45, 7) is 0. The van der Waals surface area contributed by atoms with Gasteiger partial charge in [-0.3, -0.25) is 0 Å². The molecule has 1 aromatic carbocycles. The van der Waals surface area contributed by atoms with Gasteiger partial charge < -0.3 is 0 Å². The third kappa shape index (κ3) is 2.85. The summed E-state index contributed by atoms with van der Waals surface area (Å²) in [4.78, 5) is 0. The molecule has 98 valence electrons. The molecule has 19 heavy (non-hydrogen) atoms. The van der Waals surface area contributed by atoms with Gasteiger partial charge in [0.25, 0.3) is 0 Å². The van der Waals surface area contributed by atoms with E-state index in [-0.39, 0.29) is 10.7 Å². The summed E-state index contributed by atoms with van der Waals surface area (Å²) in [5, 5.41) is 0. The molecule has 4 unspecified atom stereocenters. The first-order chi connectivity index (χ1) is 9.05. The Morgan fingerprint density at radius 2 is 1.68 bits per heavy atom. The van der Waals surface area contributed by atoms with E-state index in [0.29, 0.717) is 11.8 Å². The summed E-state index contributed by atoms with van der Waals surface area (Å²) < 4.78 is 0.191. The van der Waals surface area contributed by atoms with Crippen LogP contribution in [0.3, 0.4) is 0 Å². The first kappa shape index (κ1) is 13.9. The van der Waals surface area contributed by atoms with E-state index in [1.165, 1.54) is 0 Å². The van der Waals surface area contributed by atoms with Crippen LogP contribution < -0.4 is 0 Å². The summed E-state index contributed by atoms with van der Waals surface area (Å²) >= 11 is 0. The molecule has 2 aliphatic carbocycles. The molecular weight excluding hydrogens is 359 g/mol. The van der Waals surface area contributed by atoms with Crippen LogP contribution in [-0.2, 0) is 0 Å². The first-order valence-electron chi connectivity index (χ1n) is 6.37. The summed E-state index contributed by atoms with van der Waals surface area (Å²) in [6, 6.07) is 10.0. The van der Waals surface area contributed by atoms with E-state index in [4.69, 9.17) is 30.0 Å². The maximum atomic E-state index is 6.33. The summed E-state index contributed by atoms with van der Waals surface area (Å²) in [6.07, 6.45) is 5.59. The molecule has 4 heteroatoms. The standard InChI is InChI=1S/C15H13Cl3Ge/c16-19(17,18)15-13-8-7-12(10-13)14(15)9-6-11-4-2-1-3-5-11/h1-5,7-8,12-15H,10H2. The van der Waals surface area contributed by atoms with Crippen LogP contribution in [0.25, 0.3) is 0 Å². The van der Waals surface area contributed by atoms with Crippen LogP contribution in [0.15, 0.2) is 42.5 Å². The van der Waals surface area contributed by atoms with Crippen LogP contribution in [0.1, 0.15) is 12.0 Å². The fourth-order valence-corrected chi connectivity index (χ4v) is 10.9. The molecule has 0 nitrogen and oxygen atoms in total. The Balaban J connectivity index is 1.88. The van der Waals surface area contributed by atoms with Gasteiger partial charge in [-0.05, 0) is 0 Å². The molecule has 1 fully saturated rings. The van der Waals surface area contributed by atoms with Crippen molar-refractivity contribution < 1.29 is 0 Å². The van der Waals surface area contributed by atoms with E-state index >= 15 is 0 Å². The van der Waals surface area contributed by atoms with Crippen LogP contribution in [0.5, 0.6) is 0 Å². The first-order valence-corrected chi connectivity index (χ1v) is 15.9. The van der Waals surface area contributed by atoms with Crippen molar-refractivity contribution in [3.05, 3.63) is 48.0 Å². The Hall–Kier alpha value is -0.0671. The van der Waals surface area contributed by atoms with E-state index < -0.39 is 10.5 Å². The molecule has 0 spiro atoms. The number of benzene rings is 1. The molecule has 1 saturated carbocycles. The van der Waals surface area contributed by atoms with Gasteiger partial charge in [-0.15, -0.1) is 0 Å². The second kappa shape index (κ2) is 5.37. The third-order valence-corrected chi connectivity index (χ3v) is 11.2. The summed E-state index contributed by atoms with van der Waals surface area (Å²) in [5.41, 5.74) is 1.03. The Morgan fingerprint density at radius 3 is 2.37 bits per heavy atom. The minimum absolute atomic E-state index is 0.191. The molecule has 0 amide bonds. The Bertz CT molecular complexity index is 550. The molecule has 0 aliphatic heterocycles. The predicted molar refractivity (Wildman–Crippen MR) is 84.6 cm³/mol. The second-order valence-electron chi connectivity index (χ2n) is 5.18. The molecule has 2 bridgehead atoms. The Kier molecular flexibility index (Phi) is 3.93. The molecule has 0 N–H and O–H groups in total. The third-order valence-electron chi connectivity index (χ3n) is 3.99. The van der Waals surface area contributed by atoms with Gasteiger partial charge in [-0.2, -0.15) is 0 Å². The molecule has 4 atom stereocenters. The van der Waals surface area contributed by atoms with Crippen LogP contribution in [-0.4, -0.2) is 10.5 Å². The molecule has 0 heterocycles. The maximum absolute atomic E-state index is 6.33. The van der Waals surface area contributed by atoms with Gasteiger partial charge in [-0.25, -0.2) is 0 Å². The minimum atomic E-state index is -3.23. The zero-order valence-corrected chi connectivity index (χ0v) is 14.6. The van der Waals surface area contributed by atoms with Crippen LogP contribution in [0.4, 0.5) is 0 Å². The van der Waals surface area contributed by atoms with Crippen molar-refractivity contribution in [2.24, 2.45) is 17.8 Å². The summed E-state index contributed by atoms with van der Waals surface area (Å²) in [5.74, 6) is 7.76. The van der Waals surface area contributed by atoms with Crippen molar-refractivity contribution in [2.75, 3.05) is 0 Å². The average molecular weight is 372 g/mol. The van der Waals surface area contributed by atoms with E-state index in [1.54, 1.807) is 0 Å². The number of rotatable bonds is 1. The number of allylic oxidation sites excluding steroid dienone is 2. The van der Waals surface area contributed by atoms with Gasteiger partial charge in [0.1, 0.15) is 0 Å². The van der Waals surface area contributed by atoms with Crippen molar-refractivity contribution in [1.29, 1.82) is 0 Å². The topological polar surface area (TPSA) is 0 Å². The van der Waals surface area contributed by atoms with Gasteiger partial charge in [0.15, 0.2) is 0 Å². The molecular formula is C15H13Cl3Ge. The molecule has 3 rings (SSSR count). The van der Waals surface area contributed by atoms with Crippen LogP contribution in [0, 0.1) is 29.6 Å². The van der Waals surface area contributed by atoms with Crippen molar-refractivity contribution in [1.82, 2.24) is 0 Å². The zero-order valence-electron chi connectivity index (χ0n) is 10.2. The predicted octanol–water partition coefficient (Wildman–Crippen LogP) is 4.89.